The molecule has 0 aliphatic carbocycles. The fourth-order valence-electron chi connectivity index (χ4n) is 2.69. The Kier molecular flexibility index (Phi) is 4.70. The number of anilines is 1. The van der Waals surface area contributed by atoms with Gasteiger partial charge in [-0.2, -0.15) is 0 Å². The number of carbonyl (C=O) groups is 1. The van der Waals surface area contributed by atoms with Crippen LogP contribution in [0.5, 0.6) is 0 Å². The van der Waals surface area contributed by atoms with Gasteiger partial charge in [0.25, 0.3) is 0 Å². The second-order valence-electron chi connectivity index (χ2n) is 5.38. The summed E-state index contributed by atoms with van der Waals surface area (Å²) >= 11 is 3.52. The van der Waals surface area contributed by atoms with Gasteiger partial charge in [0.05, 0.1) is 6.61 Å². The van der Waals surface area contributed by atoms with E-state index in [0.29, 0.717) is 19.2 Å². The number of nitrogens with one attached hydrogen (secondary N) is 1. The number of hydrogen-bond donors (Lipinski definition) is 1. The molecule has 0 bridgehead atoms. The fourth-order valence-corrected chi connectivity index (χ4v) is 3.07. The summed E-state index contributed by atoms with van der Waals surface area (Å²) in [5.74, 6) is -0.174. The minimum Gasteiger partial charge on any atom is -0.464 e. The summed E-state index contributed by atoms with van der Waals surface area (Å²) in [7, 11) is 2.04. The molecule has 0 spiro atoms. The maximum atomic E-state index is 12.4. The summed E-state index contributed by atoms with van der Waals surface area (Å²) in [6, 6.07) is 8.18. The Labute approximate surface area is 128 Å². The highest BCUT2D eigenvalue weighted by molar-refractivity contribution is 9.10. The van der Waals surface area contributed by atoms with Gasteiger partial charge in [-0.3, -0.25) is 0 Å². The molecular weight excluding hydrogens is 320 g/mol. The van der Waals surface area contributed by atoms with E-state index < -0.39 is 5.54 Å². The van der Waals surface area contributed by atoms with E-state index in [9.17, 15) is 4.79 Å². The molecule has 1 N–H and O–H groups in total. The molecule has 110 valence electrons. The maximum Gasteiger partial charge on any atom is 0.333 e. The molecule has 0 aromatic heterocycles. The van der Waals surface area contributed by atoms with Crippen LogP contribution < -0.4 is 5.32 Å². The van der Waals surface area contributed by atoms with Crippen LogP contribution in [0.1, 0.15) is 20.3 Å². The second kappa shape index (κ2) is 6.14. The Morgan fingerprint density at radius 1 is 1.55 bits per heavy atom. The lowest BCUT2D eigenvalue weighted by Crippen LogP contribution is -2.49. The number of likely N-dealkylation sites (N-methyl/N-ethyl adjacent to an activating group) is 1. The van der Waals surface area contributed by atoms with Crippen molar-refractivity contribution in [2.24, 2.45) is 0 Å². The van der Waals surface area contributed by atoms with E-state index in [0.717, 1.165) is 16.6 Å². The van der Waals surface area contributed by atoms with E-state index in [1.165, 1.54) is 0 Å². The number of esters is 1. The fraction of sp³-hybridized carbons (Fsp3) is 0.533. The summed E-state index contributed by atoms with van der Waals surface area (Å²) in [4.78, 5) is 14.6. The molecule has 1 aromatic rings. The van der Waals surface area contributed by atoms with Crippen LogP contribution in [0, 0.1) is 0 Å². The zero-order valence-corrected chi connectivity index (χ0v) is 13.7. The number of rotatable bonds is 4. The van der Waals surface area contributed by atoms with Crippen molar-refractivity contribution in [1.29, 1.82) is 0 Å². The van der Waals surface area contributed by atoms with E-state index in [2.05, 4.69) is 33.1 Å². The number of para-hydroxylation sites is 1. The summed E-state index contributed by atoms with van der Waals surface area (Å²) in [6.45, 7) is 5.01. The first kappa shape index (κ1) is 15.3. The van der Waals surface area contributed by atoms with E-state index in [4.69, 9.17) is 4.74 Å². The van der Waals surface area contributed by atoms with Gasteiger partial charge in [-0.25, -0.2) is 4.79 Å². The van der Waals surface area contributed by atoms with Crippen molar-refractivity contribution in [3.8, 4) is 0 Å². The molecule has 5 heteroatoms. The molecule has 1 heterocycles. The number of ether oxygens (including phenoxy) is 1. The van der Waals surface area contributed by atoms with Crippen molar-refractivity contribution in [3.05, 3.63) is 28.7 Å². The van der Waals surface area contributed by atoms with Crippen LogP contribution in [0.3, 0.4) is 0 Å². The molecule has 0 radical (unpaired) electrons. The zero-order chi connectivity index (χ0) is 14.8. The van der Waals surface area contributed by atoms with Gasteiger partial charge in [0.1, 0.15) is 5.54 Å². The first-order chi connectivity index (χ1) is 9.48. The summed E-state index contributed by atoms with van der Waals surface area (Å²) < 4.78 is 6.24. The minimum atomic E-state index is -0.673. The lowest BCUT2D eigenvalue weighted by molar-refractivity contribution is -0.148. The summed E-state index contributed by atoms with van der Waals surface area (Å²) in [6.07, 6.45) is 0.740. The third kappa shape index (κ3) is 2.99. The number of likely N-dealkylation sites (tertiary alicyclic amines) is 1. The summed E-state index contributed by atoms with van der Waals surface area (Å²) in [5.41, 5.74) is 0.247. The lowest BCUT2D eigenvalue weighted by atomic mass is 9.95. The van der Waals surface area contributed by atoms with Crippen molar-refractivity contribution < 1.29 is 9.53 Å². The highest BCUT2D eigenvalue weighted by Crippen LogP contribution is 2.33. The van der Waals surface area contributed by atoms with Crippen molar-refractivity contribution in [3.63, 3.8) is 0 Å². The monoisotopic (exact) mass is 340 g/mol. The highest BCUT2D eigenvalue weighted by Gasteiger charge is 2.48. The molecule has 20 heavy (non-hydrogen) atoms. The molecule has 1 aliphatic heterocycles. The molecule has 2 unspecified atom stereocenters. The minimum absolute atomic E-state index is 0.174. The number of hydrogen-bond acceptors (Lipinski definition) is 4. The zero-order valence-electron chi connectivity index (χ0n) is 12.1. The van der Waals surface area contributed by atoms with E-state index in [1.54, 1.807) is 0 Å². The molecular formula is C15H21BrN2O2. The number of nitrogens with zero attached hydrogens (tertiary/aromatic N) is 1. The molecule has 1 aromatic carbocycles. The Hall–Kier alpha value is -1.07. The predicted molar refractivity (Wildman–Crippen MR) is 83.8 cm³/mol. The Morgan fingerprint density at radius 2 is 2.25 bits per heavy atom. The first-order valence-corrected chi connectivity index (χ1v) is 7.68. The van der Waals surface area contributed by atoms with Crippen LogP contribution in [0.4, 0.5) is 5.69 Å². The van der Waals surface area contributed by atoms with Crippen LogP contribution in [-0.2, 0) is 9.53 Å². The first-order valence-electron chi connectivity index (χ1n) is 6.88. The molecule has 0 saturated carbocycles. The molecule has 1 saturated heterocycles. The largest absolute Gasteiger partial charge is 0.464 e. The standard InChI is InChI=1S/C15H21BrN2O2/c1-4-20-14(19)15(9-11(2)18(3)10-15)17-13-8-6-5-7-12(13)16/h5-8,11,17H,4,9-10H2,1-3H3. The Morgan fingerprint density at radius 3 is 2.80 bits per heavy atom. The Bertz CT molecular complexity index is 483. The molecule has 0 amide bonds. The van der Waals surface area contributed by atoms with Gasteiger partial charge >= 0.3 is 5.97 Å². The third-order valence-electron chi connectivity index (χ3n) is 3.83. The average Bonchev–Trinajstić information content (AvgIpc) is 2.69. The van der Waals surface area contributed by atoms with Crippen LogP contribution in [0.2, 0.25) is 0 Å². The number of benzene rings is 1. The SMILES string of the molecule is CCOC(=O)C1(Nc2ccccc2Br)CC(C)N(C)C1. The van der Waals surface area contributed by atoms with Gasteiger partial charge in [-0.15, -0.1) is 0 Å². The molecule has 1 aliphatic rings. The second-order valence-corrected chi connectivity index (χ2v) is 6.23. The van der Waals surface area contributed by atoms with Crippen molar-refractivity contribution in [1.82, 2.24) is 4.90 Å². The van der Waals surface area contributed by atoms with Gasteiger partial charge in [0, 0.05) is 22.7 Å². The van der Waals surface area contributed by atoms with Crippen molar-refractivity contribution in [2.75, 3.05) is 25.5 Å². The van der Waals surface area contributed by atoms with Gasteiger partial charge < -0.3 is 15.0 Å². The molecule has 2 atom stereocenters. The number of carbonyl (C=O) groups excluding carboxylic acids is 1. The van der Waals surface area contributed by atoms with Crippen LogP contribution >= 0.6 is 15.9 Å². The number of halogens is 1. The van der Waals surface area contributed by atoms with Crippen LogP contribution in [0.15, 0.2) is 28.7 Å². The lowest BCUT2D eigenvalue weighted by Gasteiger charge is -2.29. The molecule has 1 fully saturated rings. The van der Waals surface area contributed by atoms with E-state index >= 15 is 0 Å². The van der Waals surface area contributed by atoms with Gasteiger partial charge in [-0.1, -0.05) is 12.1 Å². The van der Waals surface area contributed by atoms with E-state index in [-0.39, 0.29) is 5.97 Å². The van der Waals surface area contributed by atoms with Gasteiger partial charge in [0.15, 0.2) is 0 Å². The van der Waals surface area contributed by atoms with E-state index in [1.807, 2.05) is 38.2 Å². The van der Waals surface area contributed by atoms with Crippen LogP contribution in [0.25, 0.3) is 0 Å². The van der Waals surface area contributed by atoms with Gasteiger partial charge in [0.2, 0.25) is 0 Å². The predicted octanol–water partition coefficient (Wildman–Crippen LogP) is 2.89. The molecule has 2 rings (SSSR count). The normalized spacial score (nSPS) is 26.5. The smallest absolute Gasteiger partial charge is 0.333 e. The van der Waals surface area contributed by atoms with Crippen molar-refractivity contribution in [2.45, 2.75) is 31.8 Å². The molecule has 4 nitrogen and oxygen atoms in total. The quantitative estimate of drug-likeness (QED) is 0.855. The van der Waals surface area contributed by atoms with Crippen LogP contribution in [-0.4, -0.2) is 42.6 Å². The highest BCUT2D eigenvalue weighted by atomic mass is 79.9. The van der Waals surface area contributed by atoms with Crippen molar-refractivity contribution >= 4 is 27.6 Å². The maximum absolute atomic E-state index is 12.4. The Balaban J connectivity index is 2.29. The third-order valence-corrected chi connectivity index (χ3v) is 4.52. The van der Waals surface area contributed by atoms with Gasteiger partial charge in [-0.05, 0) is 55.4 Å². The topological polar surface area (TPSA) is 41.6 Å². The average molecular weight is 341 g/mol. The summed E-state index contributed by atoms with van der Waals surface area (Å²) in [5, 5.41) is 3.40.